The smallest absolute Gasteiger partial charge is 0.305 e. The summed E-state index contributed by atoms with van der Waals surface area (Å²) in [6, 6.07) is 22.9. The number of thiazole rings is 1. The number of halogens is 1. The second-order valence-corrected chi connectivity index (χ2v) is 11.9. The third kappa shape index (κ3) is 5.77. The number of anilines is 1. The number of nitro benzene ring substituents is 1. The van der Waals surface area contributed by atoms with Crippen molar-refractivity contribution in [3.63, 3.8) is 0 Å². The molecule has 45 heavy (non-hydrogen) atoms. The number of aromatic nitrogens is 1. The number of carbonyl (C=O) groups excluding carboxylic acids is 1. The van der Waals surface area contributed by atoms with Crippen molar-refractivity contribution in [3.8, 4) is 11.3 Å². The third-order valence-electron chi connectivity index (χ3n) is 7.54. The fourth-order valence-electron chi connectivity index (χ4n) is 5.23. The lowest BCUT2D eigenvalue weighted by Gasteiger charge is -2.25. The van der Waals surface area contributed by atoms with Crippen LogP contribution in [0.15, 0.2) is 110 Å². The minimum Gasteiger partial charge on any atom is -0.457 e. The van der Waals surface area contributed by atoms with Gasteiger partial charge in [-0.05, 0) is 60.4 Å². The molecule has 1 aliphatic heterocycles. The maximum absolute atomic E-state index is 14.0. The molecule has 1 aliphatic rings. The molecule has 5 aromatic rings. The number of rotatable bonds is 7. The lowest BCUT2D eigenvalue weighted by Crippen LogP contribution is -2.40. The number of nitro groups is 1. The maximum Gasteiger partial charge on any atom is 0.305 e. The Morgan fingerprint density at radius 3 is 2.51 bits per heavy atom. The van der Waals surface area contributed by atoms with E-state index in [4.69, 9.17) is 4.42 Å². The SMILES string of the molecule is CC1=C(C(=O)Nc2ccccc2)[C@H](c2ccc(C(C)C)cc2)n2c(s/c(=C\c3ccc(-c4ccc(F)c([N+](=O)[O-])c4)o3)c2=O)=N1. The van der Waals surface area contributed by atoms with Crippen LogP contribution in [0.1, 0.15) is 49.6 Å². The van der Waals surface area contributed by atoms with Gasteiger partial charge in [0.1, 0.15) is 11.5 Å². The van der Waals surface area contributed by atoms with Gasteiger partial charge in [-0.3, -0.25) is 24.3 Å². The molecule has 11 heteroatoms. The fraction of sp³-hybridized carbons (Fsp3) is 0.147. The molecule has 1 amide bonds. The summed E-state index contributed by atoms with van der Waals surface area (Å²) in [6.45, 7) is 5.95. The molecule has 0 saturated carbocycles. The van der Waals surface area contributed by atoms with Gasteiger partial charge in [0.25, 0.3) is 11.5 Å². The third-order valence-corrected chi connectivity index (χ3v) is 8.53. The van der Waals surface area contributed by atoms with Crippen molar-refractivity contribution in [1.82, 2.24) is 4.57 Å². The van der Waals surface area contributed by atoms with Crippen molar-refractivity contribution in [3.05, 3.63) is 149 Å². The summed E-state index contributed by atoms with van der Waals surface area (Å²) in [5.41, 5.74) is 2.65. The first-order valence-corrected chi connectivity index (χ1v) is 15.0. The quantitative estimate of drug-likeness (QED) is 0.169. The van der Waals surface area contributed by atoms with Crippen molar-refractivity contribution in [2.45, 2.75) is 32.7 Å². The van der Waals surface area contributed by atoms with Gasteiger partial charge in [-0.1, -0.05) is 67.6 Å². The Hall–Kier alpha value is -5.42. The van der Waals surface area contributed by atoms with Gasteiger partial charge >= 0.3 is 5.69 Å². The molecular formula is C34H27FN4O5S. The van der Waals surface area contributed by atoms with Gasteiger partial charge in [-0.25, -0.2) is 4.99 Å². The molecule has 0 saturated heterocycles. The number of benzene rings is 3. The molecular weight excluding hydrogens is 595 g/mol. The molecule has 0 fully saturated rings. The number of amides is 1. The molecule has 0 spiro atoms. The second-order valence-electron chi connectivity index (χ2n) is 10.8. The summed E-state index contributed by atoms with van der Waals surface area (Å²) in [7, 11) is 0. The van der Waals surface area contributed by atoms with E-state index in [2.05, 4.69) is 24.2 Å². The van der Waals surface area contributed by atoms with Gasteiger partial charge in [0, 0.05) is 23.4 Å². The first-order valence-electron chi connectivity index (χ1n) is 14.1. The number of nitrogens with one attached hydrogen (secondary N) is 1. The number of furan rings is 1. The van der Waals surface area contributed by atoms with Crippen LogP contribution in [-0.2, 0) is 4.79 Å². The topological polar surface area (TPSA) is 120 Å². The molecule has 0 bridgehead atoms. The van der Waals surface area contributed by atoms with Gasteiger partial charge in [0.05, 0.1) is 26.8 Å². The van der Waals surface area contributed by atoms with Crippen molar-refractivity contribution in [1.29, 1.82) is 0 Å². The lowest BCUT2D eigenvalue weighted by molar-refractivity contribution is -0.387. The molecule has 1 N–H and O–H groups in total. The Morgan fingerprint density at radius 2 is 1.82 bits per heavy atom. The Bertz CT molecular complexity index is 2160. The van der Waals surface area contributed by atoms with E-state index in [1.54, 1.807) is 37.3 Å². The molecule has 3 heterocycles. The van der Waals surface area contributed by atoms with Gasteiger partial charge in [0.2, 0.25) is 5.82 Å². The number of allylic oxidation sites excluding steroid dienone is 1. The van der Waals surface area contributed by atoms with Crippen LogP contribution in [0.4, 0.5) is 15.8 Å². The van der Waals surface area contributed by atoms with Crippen molar-refractivity contribution in [2.75, 3.05) is 5.32 Å². The summed E-state index contributed by atoms with van der Waals surface area (Å²) in [5.74, 6) is -0.414. The molecule has 3 aromatic carbocycles. The molecule has 9 nitrogen and oxygen atoms in total. The number of fused-ring (bicyclic) bond motifs is 1. The lowest BCUT2D eigenvalue weighted by atomic mass is 9.93. The van der Waals surface area contributed by atoms with Crippen LogP contribution in [0.25, 0.3) is 17.4 Å². The predicted octanol–water partition coefficient (Wildman–Crippen LogP) is 6.30. The fourth-order valence-corrected chi connectivity index (χ4v) is 6.26. The molecule has 1 atom stereocenters. The van der Waals surface area contributed by atoms with Gasteiger partial charge in [-0.15, -0.1) is 0 Å². The van der Waals surface area contributed by atoms with Crippen LogP contribution < -0.4 is 20.2 Å². The van der Waals surface area contributed by atoms with Crippen LogP contribution in [0.2, 0.25) is 0 Å². The summed E-state index contributed by atoms with van der Waals surface area (Å²) in [5, 5.41) is 14.1. The average Bonchev–Trinajstić information content (AvgIpc) is 3.61. The summed E-state index contributed by atoms with van der Waals surface area (Å²) in [6.07, 6.45) is 1.56. The van der Waals surface area contributed by atoms with Crippen molar-refractivity contribution < 1.29 is 18.5 Å². The van der Waals surface area contributed by atoms with E-state index in [0.717, 1.165) is 34.6 Å². The van der Waals surface area contributed by atoms with Crippen LogP contribution in [0.3, 0.4) is 0 Å². The monoisotopic (exact) mass is 622 g/mol. The zero-order valence-corrected chi connectivity index (χ0v) is 25.3. The standard InChI is InChI=1S/C34H27FN4O5S/c1-19(2)21-9-11-22(12-10-21)31-30(32(40)37-24-7-5-4-6-8-24)20(3)36-34-38(31)33(41)29(45-34)18-25-14-16-28(44-25)23-13-15-26(35)27(17-23)39(42)43/h4-19,31H,1-3H3,(H,37,40)/b29-18-/t31-/m0/s1. The Labute approximate surface area is 260 Å². The first-order chi connectivity index (χ1) is 21.6. The number of para-hydroxylation sites is 1. The normalized spacial score (nSPS) is 14.8. The summed E-state index contributed by atoms with van der Waals surface area (Å²) >= 11 is 1.16. The highest BCUT2D eigenvalue weighted by atomic mass is 32.1. The largest absolute Gasteiger partial charge is 0.457 e. The molecule has 2 aromatic heterocycles. The molecule has 6 rings (SSSR count). The van der Waals surface area contributed by atoms with Crippen molar-refractivity contribution >= 4 is 34.7 Å². The first kappa shape index (κ1) is 29.6. The molecule has 0 unspecified atom stereocenters. The highest BCUT2D eigenvalue weighted by Gasteiger charge is 2.32. The zero-order valence-electron chi connectivity index (χ0n) is 24.5. The highest BCUT2D eigenvalue weighted by Crippen LogP contribution is 2.32. The molecule has 0 radical (unpaired) electrons. The van der Waals surface area contributed by atoms with Gasteiger partial charge in [0.15, 0.2) is 4.80 Å². The van der Waals surface area contributed by atoms with E-state index in [9.17, 15) is 24.1 Å². The summed E-state index contributed by atoms with van der Waals surface area (Å²) < 4.78 is 21.6. The molecule has 0 aliphatic carbocycles. The summed E-state index contributed by atoms with van der Waals surface area (Å²) in [4.78, 5) is 43.3. The van der Waals surface area contributed by atoms with Crippen LogP contribution in [0, 0.1) is 15.9 Å². The zero-order chi connectivity index (χ0) is 31.8. The minimum atomic E-state index is -0.947. The van der Waals surface area contributed by atoms with Crippen molar-refractivity contribution in [2.24, 2.45) is 4.99 Å². The Balaban J connectivity index is 1.44. The van der Waals surface area contributed by atoms with E-state index in [1.807, 2.05) is 42.5 Å². The van der Waals surface area contributed by atoms with E-state index in [1.165, 1.54) is 10.6 Å². The maximum atomic E-state index is 14.0. The number of carbonyl (C=O) groups is 1. The van der Waals surface area contributed by atoms with E-state index < -0.39 is 22.5 Å². The second kappa shape index (κ2) is 11.9. The number of hydrogen-bond donors (Lipinski definition) is 1. The number of nitrogens with zero attached hydrogens (tertiary/aromatic N) is 3. The highest BCUT2D eigenvalue weighted by molar-refractivity contribution is 7.07. The average molecular weight is 623 g/mol. The Morgan fingerprint density at radius 1 is 1.09 bits per heavy atom. The minimum absolute atomic E-state index is 0.274. The number of hydrogen-bond acceptors (Lipinski definition) is 7. The van der Waals surface area contributed by atoms with Crippen LogP contribution in [0.5, 0.6) is 0 Å². The molecule has 226 valence electrons. The van der Waals surface area contributed by atoms with Gasteiger partial charge in [-0.2, -0.15) is 4.39 Å². The van der Waals surface area contributed by atoms with E-state index in [0.29, 0.717) is 43.5 Å². The van der Waals surface area contributed by atoms with Gasteiger partial charge < -0.3 is 9.73 Å². The van der Waals surface area contributed by atoms with Crippen LogP contribution >= 0.6 is 11.3 Å². The van der Waals surface area contributed by atoms with E-state index in [-0.39, 0.29) is 17.2 Å². The van der Waals surface area contributed by atoms with Crippen LogP contribution in [-0.4, -0.2) is 15.4 Å². The Kier molecular flexibility index (Phi) is 7.86. The predicted molar refractivity (Wildman–Crippen MR) is 170 cm³/mol. The van der Waals surface area contributed by atoms with E-state index >= 15 is 0 Å².